The van der Waals surface area contributed by atoms with Crippen LogP contribution in [0.1, 0.15) is 34.8 Å². The van der Waals surface area contributed by atoms with Crippen LogP contribution in [-0.4, -0.2) is 46.2 Å². The third-order valence-corrected chi connectivity index (χ3v) is 6.71. The van der Waals surface area contributed by atoms with Gasteiger partial charge in [-0.3, -0.25) is 20.2 Å². The molecular weight excluding hydrogens is 546 g/mol. The molecule has 0 radical (unpaired) electrons. The van der Waals surface area contributed by atoms with Crippen LogP contribution in [0.4, 0.5) is 8.78 Å². The van der Waals surface area contributed by atoms with Crippen molar-refractivity contribution in [2.24, 2.45) is 10.3 Å². The van der Waals surface area contributed by atoms with Crippen molar-refractivity contribution in [3.8, 4) is 5.75 Å². The molecule has 0 aliphatic carbocycles. The summed E-state index contributed by atoms with van der Waals surface area (Å²) in [6.07, 6.45) is -2.48. The number of carbonyl (C=O) groups excluding carboxylic acids is 2. The summed E-state index contributed by atoms with van der Waals surface area (Å²) in [7, 11) is -1.38. The molecule has 2 aromatic carbocycles. The van der Waals surface area contributed by atoms with Crippen LogP contribution in [-0.2, 0) is 24.6 Å². The molecule has 1 fully saturated rings. The number of hydrogen-bond acceptors (Lipinski definition) is 8. The number of nitrogens with one attached hydrogen (secondary N) is 1. The van der Waals surface area contributed by atoms with E-state index in [0.717, 1.165) is 16.7 Å². The molecule has 3 rings (SSSR count). The van der Waals surface area contributed by atoms with Crippen molar-refractivity contribution in [3.63, 3.8) is 0 Å². The molecular formula is C22H24F2N6O6S2. The van der Waals surface area contributed by atoms with Gasteiger partial charge in [-0.25, -0.2) is 8.69 Å². The standard InChI is InChI=1S/C22H24F2N6O6S2/c1-12-8-15(10-16(9-12)34-22(23)24)18(31)21(33)30-7-6-17(35-30)20(32)27-11-13-2-4-14(5-3-13)19(25)38(36-37)29-28-26/h2-5,8-10,17-18,22,31,37H,6-7,11,25H2,1H3,(H,27,32). The summed E-state index contributed by atoms with van der Waals surface area (Å²) in [5, 5.41) is 14.1. The number of nitrogens with zero attached hydrogens (tertiary/aromatic N) is 4. The highest BCUT2D eigenvalue weighted by molar-refractivity contribution is 8.14. The molecule has 3 unspecified atom stereocenters. The van der Waals surface area contributed by atoms with Gasteiger partial charge in [0, 0.05) is 23.4 Å². The van der Waals surface area contributed by atoms with Crippen LogP contribution in [0.25, 0.3) is 10.4 Å². The monoisotopic (exact) mass is 570 g/mol. The van der Waals surface area contributed by atoms with Crippen molar-refractivity contribution in [1.82, 2.24) is 10.4 Å². The van der Waals surface area contributed by atoms with E-state index in [1.54, 1.807) is 31.2 Å². The average molecular weight is 571 g/mol. The molecule has 0 saturated carbocycles. The predicted octanol–water partition coefficient (Wildman–Crippen LogP) is 3.19. The van der Waals surface area contributed by atoms with Crippen molar-refractivity contribution in [2.75, 3.05) is 6.54 Å². The zero-order valence-corrected chi connectivity index (χ0v) is 21.6. The summed E-state index contributed by atoms with van der Waals surface area (Å²) < 4.78 is 37.6. The second-order valence-corrected chi connectivity index (χ2v) is 9.65. The van der Waals surface area contributed by atoms with Gasteiger partial charge in [0.2, 0.25) is 0 Å². The van der Waals surface area contributed by atoms with E-state index in [9.17, 15) is 23.5 Å². The highest BCUT2D eigenvalue weighted by Crippen LogP contribution is 2.27. The number of hydroxylamine groups is 2. The van der Waals surface area contributed by atoms with Gasteiger partial charge in [-0.1, -0.05) is 30.3 Å². The van der Waals surface area contributed by atoms with E-state index in [4.69, 9.17) is 19.7 Å². The number of ether oxygens (including phenoxy) is 1. The SMILES string of the molecule is Cc1cc(OC(F)F)cc(C(O)C(=O)N2CCC(C(=O)NCc3ccc(/C(N)=S(/N=[N+]=[N-])OS)cc3)O2)c1. The van der Waals surface area contributed by atoms with Gasteiger partial charge in [0.1, 0.15) is 5.75 Å². The zero-order chi connectivity index (χ0) is 27.8. The average Bonchev–Trinajstić information content (AvgIpc) is 3.39. The number of alkyl halides is 2. The van der Waals surface area contributed by atoms with Crippen molar-refractivity contribution >= 4 is 40.7 Å². The van der Waals surface area contributed by atoms with Gasteiger partial charge in [0.15, 0.2) is 12.2 Å². The van der Waals surface area contributed by atoms with Crippen molar-refractivity contribution in [3.05, 3.63) is 75.2 Å². The van der Waals surface area contributed by atoms with Crippen LogP contribution in [0.5, 0.6) is 5.75 Å². The molecule has 1 heterocycles. The molecule has 3 atom stereocenters. The Labute approximate surface area is 224 Å². The van der Waals surface area contributed by atoms with Crippen molar-refractivity contribution in [2.45, 2.75) is 38.7 Å². The Morgan fingerprint density at radius 3 is 2.71 bits per heavy atom. The Kier molecular flexibility index (Phi) is 10.4. The van der Waals surface area contributed by atoms with Gasteiger partial charge < -0.3 is 15.2 Å². The molecule has 1 aliphatic rings. The first kappa shape index (κ1) is 29.3. The Hall–Kier alpha value is -3.24. The maximum absolute atomic E-state index is 12.7. The number of benzene rings is 2. The molecule has 38 heavy (non-hydrogen) atoms. The lowest BCUT2D eigenvalue weighted by atomic mass is 10.1. The fourth-order valence-corrected chi connectivity index (χ4v) is 4.47. The van der Waals surface area contributed by atoms with Crippen LogP contribution in [0.3, 0.4) is 0 Å². The van der Waals surface area contributed by atoms with Gasteiger partial charge in [0.25, 0.3) is 11.8 Å². The van der Waals surface area contributed by atoms with Gasteiger partial charge in [-0.15, -0.1) is 0 Å². The molecule has 12 nitrogen and oxygen atoms in total. The highest BCUT2D eigenvalue weighted by atomic mass is 32.2. The van der Waals surface area contributed by atoms with E-state index >= 15 is 0 Å². The minimum absolute atomic E-state index is 0.0460. The Bertz CT molecular complexity index is 1260. The highest BCUT2D eigenvalue weighted by Gasteiger charge is 2.35. The zero-order valence-electron chi connectivity index (χ0n) is 19.9. The van der Waals surface area contributed by atoms with E-state index < -0.39 is 41.6 Å². The molecule has 0 bridgehead atoms. The quantitative estimate of drug-likeness (QED) is 0.0848. The number of halogens is 2. The fourth-order valence-electron chi connectivity index (χ4n) is 3.54. The third-order valence-electron chi connectivity index (χ3n) is 5.31. The lowest BCUT2D eigenvalue weighted by Gasteiger charge is -2.20. The number of aliphatic hydroxyl groups excluding tert-OH is 1. The van der Waals surface area contributed by atoms with E-state index in [0.29, 0.717) is 11.1 Å². The Balaban J connectivity index is 1.56. The maximum Gasteiger partial charge on any atom is 0.387 e. The summed E-state index contributed by atoms with van der Waals surface area (Å²) in [5.41, 5.74) is 16.3. The van der Waals surface area contributed by atoms with Crippen LogP contribution < -0.4 is 15.8 Å². The number of aryl methyl sites for hydroxylation is 1. The number of aliphatic hydroxyl groups is 1. The number of thiol groups is 1. The summed E-state index contributed by atoms with van der Waals surface area (Å²) in [4.78, 5) is 33.6. The number of azide groups is 1. The fraction of sp³-hybridized carbons (Fsp3) is 0.318. The summed E-state index contributed by atoms with van der Waals surface area (Å²) in [5.74, 6) is -1.51. The van der Waals surface area contributed by atoms with Crippen LogP contribution in [0, 0.1) is 6.92 Å². The van der Waals surface area contributed by atoms with Gasteiger partial charge in [-0.2, -0.15) is 8.78 Å². The number of carbonyl (C=O) groups is 2. The van der Waals surface area contributed by atoms with Gasteiger partial charge >= 0.3 is 6.61 Å². The second-order valence-electron chi connectivity index (χ2n) is 7.96. The molecule has 1 aliphatic heterocycles. The van der Waals surface area contributed by atoms with Crippen LogP contribution in [0.15, 0.2) is 47.0 Å². The van der Waals surface area contributed by atoms with Gasteiger partial charge in [0.05, 0.1) is 22.5 Å². The molecule has 4 N–H and O–H groups in total. The first-order chi connectivity index (χ1) is 18.1. The maximum atomic E-state index is 12.7. The van der Waals surface area contributed by atoms with Crippen LogP contribution in [0.2, 0.25) is 0 Å². The van der Waals surface area contributed by atoms with Crippen molar-refractivity contribution in [1.29, 1.82) is 0 Å². The Morgan fingerprint density at radius 1 is 1.37 bits per heavy atom. The molecule has 2 aromatic rings. The second kappa shape index (κ2) is 13.5. The normalized spacial score (nSPS) is 17.0. The van der Waals surface area contributed by atoms with Crippen LogP contribution >= 0.6 is 23.9 Å². The van der Waals surface area contributed by atoms with Gasteiger partial charge in [-0.05, 0) is 58.7 Å². The van der Waals surface area contributed by atoms with E-state index in [1.165, 1.54) is 12.1 Å². The number of hydrogen-bond donors (Lipinski definition) is 4. The molecule has 204 valence electrons. The smallest absolute Gasteiger partial charge is 0.387 e. The molecule has 1 saturated heterocycles. The Morgan fingerprint density at radius 2 is 2.08 bits per heavy atom. The van der Waals surface area contributed by atoms with E-state index in [1.807, 2.05) is 0 Å². The lowest BCUT2D eigenvalue weighted by Crippen LogP contribution is -2.37. The largest absolute Gasteiger partial charge is 0.435 e. The molecule has 16 heteroatoms. The number of rotatable bonds is 10. The molecule has 0 spiro atoms. The minimum atomic E-state index is -3.06. The summed E-state index contributed by atoms with van der Waals surface area (Å²) in [6, 6.07) is 10.7. The first-order valence-corrected chi connectivity index (χ1v) is 12.4. The molecule has 0 aromatic heterocycles. The predicted molar refractivity (Wildman–Crippen MR) is 137 cm³/mol. The third kappa shape index (κ3) is 7.64. The van der Waals surface area contributed by atoms with E-state index in [-0.39, 0.29) is 35.8 Å². The molecule has 2 amide bonds. The number of amides is 2. The summed E-state index contributed by atoms with van der Waals surface area (Å²) in [6.45, 7) is -1.26. The van der Waals surface area contributed by atoms with Crippen molar-refractivity contribution < 1.29 is 36.7 Å². The first-order valence-electron chi connectivity index (χ1n) is 11.0. The topological polar surface area (TPSA) is 172 Å². The lowest BCUT2D eigenvalue weighted by molar-refractivity contribution is -0.190. The number of nitrogens with two attached hydrogens (primary N) is 1. The minimum Gasteiger partial charge on any atom is -0.435 e. The van der Waals surface area contributed by atoms with E-state index in [2.05, 4.69) is 32.4 Å². The summed E-state index contributed by atoms with van der Waals surface area (Å²) >= 11 is 3.64.